The molecule has 5 rings (SSSR count). The summed E-state index contributed by atoms with van der Waals surface area (Å²) in [5, 5.41) is 2.18. The summed E-state index contributed by atoms with van der Waals surface area (Å²) in [6.07, 6.45) is -0.997. The van der Waals surface area contributed by atoms with Crippen molar-refractivity contribution >= 4 is 22.6 Å². The number of halogens is 3. The second kappa shape index (κ2) is 9.00. The standard InChI is InChI=1S/C28H27F3N4O/c1-18-12-13-23-25(24(18)32)34-17-35(23)15-7-6-14-27(26(36)33-16-28(29,30)31)21-10-4-2-8-19(21)20-9-3-5-11-22(20)27/h2-5,8-13,17H,6-7,14-16,32H2,1H3,(H,33,36). The van der Waals surface area contributed by atoms with Gasteiger partial charge in [0, 0.05) is 6.54 Å². The van der Waals surface area contributed by atoms with E-state index in [9.17, 15) is 18.0 Å². The van der Waals surface area contributed by atoms with E-state index >= 15 is 0 Å². The molecule has 5 nitrogen and oxygen atoms in total. The Morgan fingerprint density at radius 1 is 1.00 bits per heavy atom. The molecule has 0 spiro atoms. The van der Waals surface area contributed by atoms with Gasteiger partial charge in [0.1, 0.15) is 17.5 Å². The van der Waals surface area contributed by atoms with Gasteiger partial charge in [0.25, 0.3) is 0 Å². The molecule has 0 radical (unpaired) electrons. The number of anilines is 1. The number of nitrogens with zero attached hydrogens (tertiary/aromatic N) is 2. The van der Waals surface area contributed by atoms with Crippen LogP contribution in [0.5, 0.6) is 0 Å². The van der Waals surface area contributed by atoms with Gasteiger partial charge in [-0.15, -0.1) is 0 Å². The summed E-state index contributed by atoms with van der Waals surface area (Å²) in [6.45, 7) is 1.23. The lowest BCUT2D eigenvalue weighted by Gasteiger charge is -2.31. The highest BCUT2D eigenvalue weighted by atomic mass is 19.4. The molecule has 1 amide bonds. The first-order chi connectivity index (χ1) is 17.2. The van der Waals surface area contributed by atoms with Crippen LogP contribution in [0.3, 0.4) is 0 Å². The van der Waals surface area contributed by atoms with Crippen LogP contribution in [0.15, 0.2) is 67.0 Å². The van der Waals surface area contributed by atoms with E-state index in [-0.39, 0.29) is 0 Å². The van der Waals surface area contributed by atoms with Gasteiger partial charge < -0.3 is 15.6 Å². The van der Waals surface area contributed by atoms with Crippen LogP contribution in [-0.2, 0) is 16.8 Å². The number of imidazole rings is 1. The Bertz CT molecular complexity index is 1400. The molecule has 4 aromatic rings. The van der Waals surface area contributed by atoms with Crippen molar-refractivity contribution in [1.29, 1.82) is 0 Å². The lowest BCUT2D eigenvalue weighted by molar-refractivity contribution is -0.141. The van der Waals surface area contributed by atoms with Crippen molar-refractivity contribution in [2.75, 3.05) is 12.3 Å². The number of hydrogen-bond acceptors (Lipinski definition) is 3. The third-order valence-corrected chi connectivity index (χ3v) is 7.15. The second-order valence-corrected chi connectivity index (χ2v) is 9.35. The van der Waals surface area contributed by atoms with Crippen molar-refractivity contribution in [2.24, 2.45) is 0 Å². The number of alkyl halides is 3. The lowest BCUT2D eigenvalue weighted by atomic mass is 9.73. The molecule has 0 fully saturated rings. The number of nitrogens with two attached hydrogens (primary N) is 1. The molecule has 36 heavy (non-hydrogen) atoms. The smallest absolute Gasteiger partial charge is 0.397 e. The molecule has 0 bridgehead atoms. The fourth-order valence-electron chi connectivity index (χ4n) is 5.39. The predicted molar refractivity (Wildman–Crippen MR) is 134 cm³/mol. The molecule has 186 valence electrons. The van der Waals surface area contributed by atoms with E-state index < -0.39 is 24.0 Å². The molecule has 1 aliphatic carbocycles. The van der Waals surface area contributed by atoms with E-state index in [0.717, 1.165) is 45.3 Å². The molecule has 0 saturated carbocycles. The van der Waals surface area contributed by atoms with Crippen LogP contribution in [0.1, 0.15) is 36.0 Å². The average molecular weight is 493 g/mol. The molecule has 1 aliphatic rings. The summed E-state index contributed by atoms with van der Waals surface area (Å²) >= 11 is 0. The van der Waals surface area contributed by atoms with Crippen LogP contribution < -0.4 is 11.1 Å². The molecule has 1 aromatic heterocycles. The van der Waals surface area contributed by atoms with Crippen molar-refractivity contribution in [1.82, 2.24) is 14.9 Å². The number of aromatic nitrogens is 2. The van der Waals surface area contributed by atoms with Crippen molar-refractivity contribution in [3.8, 4) is 11.1 Å². The monoisotopic (exact) mass is 492 g/mol. The molecule has 8 heteroatoms. The lowest BCUT2D eigenvalue weighted by Crippen LogP contribution is -2.47. The van der Waals surface area contributed by atoms with E-state index in [2.05, 4.69) is 10.3 Å². The SMILES string of the molecule is Cc1ccc2c(ncn2CCCCC2(C(=O)NCC(F)(F)F)c3ccccc3-c3ccccc32)c1N. The minimum atomic E-state index is -4.49. The Labute approximate surface area is 207 Å². The number of rotatable bonds is 7. The fourth-order valence-corrected chi connectivity index (χ4v) is 5.39. The Morgan fingerprint density at radius 3 is 2.28 bits per heavy atom. The Balaban J connectivity index is 1.43. The van der Waals surface area contributed by atoms with Crippen LogP contribution in [0, 0.1) is 6.92 Å². The minimum absolute atomic E-state index is 0.387. The number of carbonyl (C=O) groups excluding carboxylic acids is 1. The van der Waals surface area contributed by atoms with Crippen molar-refractivity contribution in [3.05, 3.63) is 83.7 Å². The molecule has 0 saturated heterocycles. The summed E-state index contributed by atoms with van der Waals surface area (Å²) in [5.41, 5.74) is 11.6. The fraction of sp³-hybridized carbons (Fsp3) is 0.286. The number of carbonyl (C=O) groups is 1. The van der Waals surface area contributed by atoms with E-state index in [0.29, 0.717) is 25.1 Å². The molecule has 3 aromatic carbocycles. The molecular formula is C28H27F3N4O. The Hall–Kier alpha value is -3.81. The quantitative estimate of drug-likeness (QED) is 0.255. The highest BCUT2D eigenvalue weighted by Crippen LogP contribution is 2.51. The molecule has 1 heterocycles. The van der Waals surface area contributed by atoms with Gasteiger partial charge in [-0.25, -0.2) is 4.98 Å². The summed E-state index contributed by atoms with van der Waals surface area (Å²) in [4.78, 5) is 18.0. The van der Waals surface area contributed by atoms with Crippen molar-refractivity contribution < 1.29 is 18.0 Å². The summed E-state index contributed by atoms with van der Waals surface area (Å²) in [6, 6.07) is 19.0. The molecule has 0 unspecified atom stereocenters. The first kappa shape index (κ1) is 23.9. The van der Waals surface area contributed by atoms with Gasteiger partial charge in [-0.1, -0.05) is 54.6 Å². The number of amides is 1. The summed E-state index contributed by atoms with van der Waals surface area (Å²) in [7, 11) is 0. The van der Waals surface area contributed by atoms with Crippen molar-refractivity contribution in [2.45, 2.75) is 44.3 Å². The number of benzene rings is 3. The van der Waals surface area contributed by atoms with Crippen LogP contribution in [0.4, 0.5) is 18.9 Å². The minimum Gasteiger partial charge on any atom is -0.397 e. The number of unbranched alkanes of at least 4 members (excludes halogenated alkanes) is 1. The van der Waals surface area contributed by atoms with Crippen LogP contribution in [-0.4, -0.2) is 28.2 Å². The van der Waals surface area contributed by atoms with Gasteiger partial charge in [0.05, 0.1) is 17.5 Å². The third-order valence-electron chi connectivity index (χ3n) is 7.15. The normalized spacial score (nSPS) is 14.0. The highest BCUT2D eigenvalue weighted by molar-refractivity contribution is 6.00. The number of nitrogen functional groups attached to an aromatic ring is 1. The van der Waals surface area contributed by atoms with Gasteiger partial charge >= 0.3 is 6.18 Å². The van der Waals surface area contributed by atoms with Crippen molar-refractivity contribution in [3.63, 3.8) is 0 Å². The maximum Gasteiger partial charge on any atom is 0.405 e. The highest BCUT2D eigenvalue weighted by Gasteiger charge is 2.49. The largest absolute Gasteiger partial charge is 0.405 e. The molecule has 0 aliphatic heterocycles. The number of fused-ring (bicyclic) bond motifs is 4. The van der Waals surface area contributed by atoms with Crippen LogP contribution >= 0.6 is 0 Å². The first-order valence-corrected chi connectivity index (χ1v) is 12.0. The van der Waals surface area contributed by atoms with Crippen LogP contribution in [0.25, 0.3) is 22.2 Å². The summed E-state index contributed by atoms with van der Waals surface area (Å²) in [5.74, 6) is -0.617. The maximum atomic E-state index is 13.6. The Morgan fingerprint density at radius 2 is 1.64 bits per heavy atom. The second-order valence-electron chi connectivity index (χ2n) is 9.35. The molecule has 0 atom stereocenters. The van der Waals surface area contributed by atoms with Crippen LogP contribution in [0.2, 0.25) is 0 Å². The van der Waals surface area contributed by atoms with Gasteiger partial charge in [0.15, 0.2) is 0 Å². The topological polar surface area (TPSA) is 72.9 Å². The maximum absolute atomic E-state index is 13.6. The number of aryl methyl sites for hydroxylation is 2. The molecular weight excluding hydrogens is 465 g/mol. The average Bonchev–Trinajstić information content (AvgIpc) is 3.40. The van der Waals surface area contributed by atoms with Gasteiger partial charge in [-0.3, -0.25) is 4.79 Å². The number of nitrogens with one attached hydrogen (secondary N) is 1. The molecule has 3 N–H and O–H groups in total. The first-order valence-electron chi connectivity index (χ1n) is 12.0. The third kappa shape index (κ3) is 4.00. The van der Waals surface area contributed by atoms with E-state index in [4.69, 9.17) is 5.73 Å². The zero-order chi connectivity index (χ0) is 25.5. The number of hydrogen-bond donors (Lipinski definition) is 2. The zero-order valence-corrected chi connectivity index (χ0v) is 19.9. The van der Waals surface area contributed by atoms with Gasteiger partial charge in [-0.05, 0) is 60.1 Å². The predicted octanol–water partition coefficient (Wildman–Crippen LogP) is 5.74. The van der Waals surface area contributed by atoms with E-state index in [1.54, 1.807) is 6.33 Å². The van der Waals surface area contributed by atoms with E-state index in [1.165, 1.54) is 0 Å². The zero-order valence-electron chi connectivity index (χ0n) is 19.9. The van der Waals surface area contributed by atoms with Gasteiger partial charge in [-0.2, -0.15) is 13.2 Å². The summed E-state index contributed by atoms with van der Waals surface area (Å²) < 4.78 is 41.1. The van der Waals surface area contributed by atoms with E-state index in [1.807, 2.05) is 72.2 Å². The Kier molecular flexibility index (Phi) is 5.98. The van der Waals surface area contributed by atoms with Gasteiger partial charge in [0.2, 0.25) is 5.91 Å².